The Hall–Kier alpha value is -1.30. The predicted octanol–water partition coefficient (Wildman–Crippen LogP) is 2.68. The van der Waals surface area contributed by atoms with Crippen molar-refractivity contribution >= 4 is 27.0 Å². The Bertz CT molecular complexity index is 816. The fourth-order valence-electron chi connectivity index (χ4n) is 5.51. The topological polar surface area (TPSA) is 43.4 Å². The van der Waals surface area contributed by atoms with Crippen molar-refractivity contribution in [3.8, 4) is 5.75 Å². The zero-order valence-electron chi connectivity index (χ0n) is 18.0. The Balaban J connectivity index is 1.48. The molecule has 1 aliphatic heterocycles. The molecule has 154 valence electrons. The van der Waals surface area contributed by atoms with Crippen molar-refractivity contribution < 1.29 is 9.47 Å². The quantitative estimate of drug-likeness (QED) is 0.563. The molecule has 1 aliphatic carbocycles. The number of pyridine rings is 1. The van der Waals surface area contributed by atoms with Crippen molar-refractivity contribution in [1.29, 1.82) is 0 Å². The van der Waals surface area contributed by atoms with Gasteiger partial charge in [-0.1, -0.05) is 17.7 Å². The highest BCUT2D eigenvalue weighted by Gasteiger charge is 2.52. The van der Waals surface area contributed by atoms with Crippen LogP contribution in [0, 0.1) is 0 Å². The first-order valence-corrected chi connectivity index (χ1v) is 11.7. The normalized spacial score (nSPS) is 28.6. The number of hydrogen-bond acceptors (Lipinski definition) is 5. The van der Waals surface area contributed by atoms with Crippen LogP contribution in [0.15, 0.2) is 35.8 Å². The number of thiophene rings is 1. The second kappa shape index (κ2) is 8.44. The van der Waals surface area contributed by atoms with Gasteiger partial charge in [-0.3, -0.25) is 4.98 Å². The van der Waals surface area contributed by atoms with Crippen LogP contribution in [0.5, 0.6) is 5.75 Å². The minimum Gasteiger partial charge on any atom is -0.496 e. The van der Waals surface area contributed by atoms with Gasteiger partial charge in [0.1, 0.15) is 5.75 Å². The summed E-state index contributed by atoms with van der Waals surface area (Å²) in [6, 6.07) is 8.42. The maximum atomic E-state index is 6.47. The highest BCUT2D eigenvalue weighted by Crippen LogP contribution is 2.55. The van der Waals surface area contributed by atoms with Gasteiger partial charge in [-0.05, 0) is 62.2 Å². The van der Waals surface area contributed by atoms with E-state index in [-0.39, 0.29) is 11.0 Å². The number of rotatable bonds is 7. The highest BCUT2D eigenvalue weighted by molar-refractivity contribution is 7.10. The standard InChI is InChI=1S/C22H32B2N2O2S/c1-27-17-5-13-29-18(17)14-25-11-8-20(19-4-2-3-10-26-19)9-12-28-21(15-20)6-7-22(23,24)16-21/h2-5,10,13,25H,6-9,11-12,14-16,23-24H2,1H3/t20-,21?/m1/s1. The molecule has 0 aromatic carbocycles. The molecule has 0 bridgehead atoms. The predicted molar refractivity (Wildman–Crippen MR) is 125 cm³/mol. The van der Waals surface area contributed by atoms with E-state index in [0.717, 1.165) is 51.1 Å². The summed E-state index contributed by atoms with van der Waals surface area (Å²) in [5.41, 5.74) is 1.35. The third kappa shape index (κ3) is 4.57. The minimum absolute atomic E-state index is 0.0241. The number of methoxy groups -OCH3 is 1. The Morgan fingerprint density at radius 3 is 2.83 bits per heavy atom. The van der Waals surface area contributed by atoms with Gasteiger partial charge >= 0.3 is 0 Å². The Morgan fingerprint density at radius 1 is 1.21 bits per heavy atom. The molecule has 3 heterocycles. The number of nitrogens with one attached hydrogen (secondary N) is 1. The molecule has 2 aromatic rings. The van der Waals surface area contributed by atoms with Gasteiger partial charge in [0.05, 0.1) is 33.3 Å². The Morgan fingerprint density at radius 2 is 2.10 bits per heavy atom. The van der Waals surface area contributed by atoms with Crippen LogP contribution >= 0.6 is 11.3 Å². The lowest BCUT2D eigenvalue weighted by Crippen LogP contribution is -2.48. The SMILES string of the molecule is BC1(B)CCC2(C1)C[C@](CCNCc1sccc1OC)(c1ccccn1)CCO2. The third-order valence-corrected chi connectivity index (χ3v) is 7.81. The van der Waals surface area contributed by atoms with E-state index >= 15 is 0 Å². The van der Waals surface area contributed by atoms with Crippen molar-refractivity contribution in [3.05, 3.63) is 46.4 Å². The van der Waals surface area contributed by atoms with E-state index in [1.54, 1.807) is 18.4 Å². The zero-order chi connectivity index (χ0) is 20.4. The molecule has 1 spiro atoms. The van der Waals surface area contributed by atoms with Gasteiger partial charge in [0, 0.05) is 30.5 Å². The van der Waals surface area contributed by atoms with Gasteiger partial charge in [0.2, 0.25) is 0 Å². The Kier molecular flexibility index (Phi) is 6.10. The van der Waals surface area contributed by atoms with Crippen LogP contribution in [0.2, 0.25) is 5.21 Å². The fraction of sp³-hybridized carbons (Fsp3) is 0.591. The first kappa shape index (κ1) is 21.0. The number of hydrogen-bond donors (Lipinski definition) is 1. The van der Waals surface area contributed by atoms with Crippen LogP contribution in [0.1, 0.15) is 49.1 Å². The second-order valence-corrected chi connectivity index (χ2v) is 10.6. The van der Waals surface area contributed by atoms with Crippen LogP contribution in [-0.4, -0.2) is 46.5 Å². The average Bonchev–Trinajstić information content (AvgIpc) is 3.29. The summed E-state index contributed by atoms with van der Waals surface area (Å²) in [5.74, 6) is 0.986. The fourth-order valence-corrected chi connectivity index (χ4v) is 6.32. The molecule has 7 heteroatoms. The smallest absolute Gasteiger partial charge is 0.134 e. The van der Waals surface area contributed by atoms with Crippen molar-refractivity contribution in [2.75, 3.05) is 20.3 Å². The van der Waals surface area contributed by atoms with E-state index in [0.29, 0.717) is 5.21 Å². The van der Waals surface area contributed by atoms with Crippen LogP contribution in [0.25, 0.3) is 0 Å². The minimum atomic E-state index is 0.0241. The zero-order valence-corrected chi connectivity index (χ0v) is 18.8. The molecule has 2 aliphatic rings. The summed E-state index contributed by atoms with van der Waals surface area (Å²) in [5, 5.41) is 6.13. The van der Waals surface area contributed by atoms with E-state index in [1.165, 1.54) is 23.4 Å². The molecular weight excluding hydrogens is 378 g/mol. The summed E-state index contributed by atoms with van der Waals surface area (Å²) in [4.78, 5) is 6.08. The molecule has 0 amide bonds. The number of ether oxygens (including phenoxy) is 2. The van der Waals surface area contributed by atoms with E-state index in [2.05, 4.69) is 38.5 Å². The molecule has 0 radical (unpaired) electrons. The largest absolute Gasteiger partial charge is 0.496 e. The van der Waals surface area contributed by atoms with Gasteiger partial charge in [-0.15, -0.1) is 11.3 Å². The van der Waals surface area contributed by atoms with Crippen molar-refractivity contribution in [1.82, 2.24) is 10.3 Å². The maximum absolute atomic E-state index is 6.47. The van der Waals surface area contributed by atoms with Crippen molar-refractivity contribution in [2.45, 2.75) is 61.3 Å². The lowest BCUT2D eigenvalue weighted by molar-refractivity contribution is -0.104. The van der Waals surface area contributed by atoms with Gasteiger partial charge in [0.25, 0.3) is 0 Å². The van der Waals surface area contributed by atoms with E-state index in [1.807, 2.05) is 18.3 Å². The highest BCUT2D eigenvalue weighted by atomic mass is 32.1. The lowest BCUT2D eigenvalue weighted by Gasteiger charge is -2.47. The molecule has 1 saturated carbocycles. The van der Waals surface area contributed by atoms with E-state index in [4.69, 9.17) is 14.5 Å². The lowest BCUT2D eigenvalue weighted by atomic mass is 9.52. The van der Waals surface area contributed by atoms with E-state index < -0.39 is 0 Å². The summed E-state index contributed by atoms with van der Waals surface area (Å²) >= 11 is 1.75. The van der Waals surface area contributed by atoms with Crippen LogP contribution in [-0.2, 0) is 16.7 Å². The monoisotopic (exact) mass is 410 g/mol. The van der Waals surface area contributed by atoms with Crippen molar-refractivity contribution in [2.24, 2.45) is 0 Å². The van der Waals surface area contributed by atoms with Gasteiger partial charge in [-0.2, -0.15) is 0 Å². The van der Waals surface area contributed by atoms with Crippen LogP contribution in [0.4, 0.5) is 0 Å². The van der Waals surface area contributed by atoms with Gasteiger partial charge < -0.3 is 14.8 Å². The number of nitrogens with zero attached hydrogens (tertiary/aromatic N) is 1. The molecule has 1 N–H and O–H groups in total. The molecule has 1 saturated heterocycles. The molecule has 2 atom stereocenters. The maximum Gasteiger partial charge on any atom is 0.134 e. The molecule has 29 heavy (non-hydrogen) atoms. The summed E-state index contributed by atoms with van der Waals surface area (Å²) in [6.07, 6.45) is 8.76. The molecule has 2 fully saturated rings. The molecule has 4 nitrogen and oxygen atoms in total. The van der Waals surface area contributed by atoms with Gasteiger partial charge in [0.15, 0.2) is 0 Å². The molecule has 1 unspecified atom stereocenters. The van der Waals surface area contributed by atoms with Gasteiger partial charge in [-0.25, -0.2) is 0 Å². The van der Waals surface area contributed by atoms with Crippen molar-refractivity contribution in [3.63, 3.8) is 0 Å². The average molecular weight is 410 g/mol. The summed E-state index contributed by atoms with van der Waals surface area (Å²) in [7, 11) is 6.52. The third-order valence-electron chi connectivity index (χ3n) is 6.91. The van der Waals surface area contributed by atoms with Crippen LogP contribution < -0.4 is 10.1 Å². The Labute approximate surface area is 180 Å². The molecular formula is C22H32B2N2O2S. The second-order valence-electron chi connectivity index (χ2n) is 9.63. The first-order valence-electron chi connectivity index (χ1n) is 10.8. The summed E-state index contributed by atoms with van der Waals surface area (Å²) in [6.45, 7) is 2.66. The number of aromatic nitrogens is 1. The van der Waals surface area contributed by atoms with E-state index in [9.17, 15) is 0 Å². The van der Waals surface area contributed by atoms with Crippen LogP contribution in [0.3, 0.4) is 0 Å². The molecule has 4 rings (SSSR count). The molecule has 2 aromatic heterocycles. The summed E-state index contributed by atoms with van der Waals surface area (Å²) < 4.78 is 11.9. The first-order chi connectivity index (χ1) is 14.0.